The maximum atomic E-state index is 12.7. The topological polar surface area (TPSA) is 131 Å². The Bertz CT molecular complexity index is 1120. The van der Waals surface area contributed by atoms with E-state index in [-0.39, 0.29) is 22.1 Å². The molecule has 0 saturated carbocycles. The van der Waals surface area contributed by atoms with E-state index in [1.807, 2.05) is 0 Å². The Morgan fingerprint density at radius 3 is 2.46 bits per heavy atom. The van der Waals surface area contributed by atoms with E-state index < -0.39 is 16.0 Å². The van der Waals surface area contributed by atoms with Crippen molar-refractivity contribution in [2.75, 3.05) is 17.1 Å². The van der Waals surface area contributed by atoms with Gasteiger partial charge in [0.2, 0.25) is 0 Å². The number of sulfonamides is 1. The zero-order valence-corrected chi connectivity index (χ0v) is 15.5. The summed E-state index contributed by atoms with van der Waals surface area (Å²) in [6.07, 6.45) is 2.74. The van der Waals surface area contributed by atoms with Crippen LogP contribution in [0.5, 0.6) is 5.75 Å². The zero-order valence-electron chi connectivity index (χ0n) is 14.7. The van der Waals surface area contributed by atoms with Gasteiger partial charge in [0, 0.05) is 24.1 Å². The number of rotatable bonds is 7. The van der Waals surface area contributed by atoms with E-state index in [0.717, 1.165) is 6.07 Å². The number of anilines is 3. The molecule has 0 fully saturated rings. The Balaban J connectivity index is 1.90. The Kier molecular flexibility index (Phi) is 5.41. The van der Waals surface area contributed by atoms with Gasteiger partial charge in [-0.3, -0.25) is 4.72 Å². The molecule has 1 aromatic heterocycles. The maximum absolute atomic E-state index is 12.7. The van der Waals surface area contributed by atoms with Gasteiger partial charge in [-0.1, -0.05) is 12.1 Å². The highest BCUT2D eigenvalue weighted by Crippen LogP contribution is 2.25. The molecule has 3 N–H and O–H groups in total. The van der Waals surface area contributed by atoms with Gasteiger partial charge in [-0.2, -0.15) is 0 Å². The quantitative estimate of drug-likeness (QED) is 0.552. The molecule has 0 bridgehead atoms. The smallest absolute Gasteiger partial charge is 0.335 e. The number of carbonyl (C=O) groups is 1. The van der Waals surface area contributed by atoms with Crippen molar-refractivity contribution in [2.24, 2.45) is 0 Å². The Hall–Kier alpha value is -3.66. The lowest BCUT2D eigenvalue weighted by molar-refractivity contribution is 0.0696. The number of aromatic carboxylic acids is 1. The highest BCUT2D eigenvalue weighted by atomic mass is 32.2. The lowest BCUT2D eigenvalue weighted by atomic mass is 10.2. The fourth-order valence-electron chi connectivity index (χ4n) is 2.32. The van der Waals surface area contributed by atoms with Crippen molar-refractivity contribution < 1.29 is 23.1 Å². The molecule has 0 spiro atoms. The largest absolute Gasteiger partial charge is 0.497 e. The van der Waals surface area contributed by atoms with Gasteiger partial charge in [-0.15, -0.1) is 0 Å². The zero-order chi connectivity index (χ0) is 20.1. The minimum atomic E-state index is -4.08. The fraction of sp³-hybridized carbons (Fsp3) is 0.0556. The van der Waals surface area contributed by atoms with Crippen molar-refractivity contribution in [3.05, 3.63) is 66.5 Å². The first-order valence-electron chi connectivity index (χ1n) is 7.97. The molecule has 0 aliphatic carbocycles. The minimum Gasteiger partial charge on any atom is -0.497 e. The third-order valence-corrected chi connectivity index (χ3v) is 4.99. The van der Waals surface area contributed by atoms with Crippen LogP contribution >= 0.6 is 0 Å². The predicted octanol–water partition coefficient (Wildman–Crippen LogP) is 2.73. The number of hydrogen-bond donors (Lipinski definition) is 3. The lowest BCUT2D eigenvalue weighted by Gasteiger charge is -2.13. The van der Waals surface area contributed by atoms with E-state index in [1.165, 1.54) is 37.7 Å². The van der Waals surface area contributed by atoms with Crippen molar-refractivity contribution in [2.45, 2.75) is 4.90 Å². The summed E-state index contributed by atoms with van der Waals surface area (Å²) in [7, 11) is -2.54. The molecule has 3 aromatic rings. The molecule has 0 atom stereocenters. The SMILES string of the molecule is COc1cccc(Nc2nccnc2NS(=O)(=O)c2cccc(C(=O)O)c2)c1. The molecule has 0 unspecified atom stereocenters. The second kappa shape index (κ2) is 7.92. The summed E-state index contributed by atoms with van der Waals surface area (Å²) in [6, 6.07) is 12.0. The molecule has 2 aromatic carbocycles. The third-order valence-electron chi connectivity index (χ3n) is 3.65. The molecular weight excluding hydrogens is 384 g/mol. The van der Waals surface area contributed by atoms with Crippen LogP contribution in [0.2, 0.25) is 0 Å². The van der Waals surface area contributed by atoms with Crippen molar-refractivity contribution >= 4 is 33.3 Å². The summed E-state index contributed by atoms with van der Waals surface area (Å²) < 4.78 is 32.8. The van der Waals surface area contributed by atoms with Gasteiger partial charge in [0.05, 0.1) is 17.6 Å². The van der Waals surface area contributed by atoms with E-state index in [9.17, 15) is 13.2 Å². The fourth-order valence-corrected chi connectivity index (χ4v) is 3.39. The van der Waals surface area contributed by atoms with Gasteiger partial charge in [0.1, 0.15) is 5.75 Å². The first kappa shape index (κ1) is 19.1. The number of hydrogen-bond acceptors (Lipinski definition) is 7. The summed E-state index contributed by atoms with van der Waals surface area (Å²) in [5.41, 5.74) is 0.477. The van der Waals surface area contributed by atoms with Gasteiger partial charge >= 0.3 is 5.97 Å². The highest BCUT2D eigenvalue weighted by molar-refractivity contribution is 7.92. The molecule has 3 rings (SSSR count). The first-order chi connectivity index (χ1) is 13.4. The van der Waals surface area contributed by atoms with Crippen LogP contribution in [-0.4, -0.2) is 36.6 Å². The maximum Gasteiger partial charge on any atom is 0.335 e. The standard InChI is InChI=1S/C18H16N4O5S/c1-27-14-6-3-5-13(11-14)21-16-17(20-9-8-19-16)22-28(25,26)15-7-2-4-12(10-15)18(23)24/h2-11H,1H3,(H,19,21)(H,20,22)(H,23,24). The normalized spacial score (nSPS) is 10.9. The summed E-state index contributed by atoms with van der Waals surface area (Å²) in [5, 5.41) is 12.0. The monoisotopic (exact) mass is 400 g/mol. The van der Waals surface area contributed by atoms with Crippen LogP contribution in [-0.2, 0) is 10.0 Å². The number of ether oxygens (including phenoxy) is 1. The van der Waals surface area contributed by atoms with E-state index >= 15 is 0 Å². The molecule has 0 radical (unpaired) electrons. The molecule has 144 valence electrons. The van der Waals surface area contributed by atoms with Gasteiger partial charge in [-0.05, 0) is 30.3 Å². The van der Waals surface area contributed by atoms with Crippen molar-refractivity contribution in [3.63, 3.8) is 0 Å². The van der Waals surface area contributed by atoms with Crippen molar-refractivity contribution in [1.29, 1.82) is 0 Å². The number of benzene rings is 2. The second-order valence-corrected chi connectivity index (χ2v) is 7.23. The van der Waals surface area contributed by atoms with Crippen LogP contribution in [0, 0.1) is 0 Å². The molecule has 9 nitrogen and oxygen atoms in total. The third kappa shape index (κ3) is 4.35. The van der Waals surface area contributed by atoms with Crippen LogP contribution in [0.15, 0.2) is 65.8 Å². The summed E-state index contributed by atoms with van der Waals surface area (Å²) in [5.74, 6) is -0.474. The number of carboxylic acids is 1. The number of carboxylic acid groups (broad SMARTS) is 1. The molecule has 28 heavy (non-hydrogen) atoms. The number of methoxy groups -OCH3 is 1. The molecule has 0 saturated heterocycles. The first-order valence-corrected chi connectivity index (χ1v) is 9.45. The second-order valence-electron chi connectivity index (χ2n) is 5.55. The minimum absolute atomic E-state index is 0.0361. The van der Waals surface area contributed by atoms with E-state index in [1.54, 1.807) is 24.3 Å². The van der Waals surface area contributed by atoms with Gasteiger partial charge in [0.25, 0.3) is 10.0 Å². The number of nitrogens with one attached hydrogen (secondary N) is 2. The van der Waals surface area contributed by atoms with Crippen molar-refractivity contribution in [3.8, 4) is 5.75 Å². The van der Waals surface area contributed by atoms with E-state index in [0.29, 0.717) is 11.4 Å². The van der Waals surface area contributed by atoms with E-state index in [2.05, 4.69) is 20.0 Å². The Morgan fingerprint density at radius 2 is 1.75 bits per heavy atom. The molecule has 10 heteroatoms. The molecular formula is C18H16N4O5S. The van der Waals surface area contributed by atoms with E-state index in [4.69, 9.17) is 9.84 Å². The summed E-state index contributed by atoms with van der Waals surface area (Å²) in [4.78, 5) is 19.0. The Morgan fingerprint density at radius 1 is 1.04 bits per heavy atom. The van der Waals surface area contributed by atoms with Crippen LogP contribution < -0.4 is 14.8 Å². The molecule has 0 aliphatic rings. The predicted molar refractivity (Wildman–Crippen MR) is 103 cm³/mol. The van der Waals surface area contributed by atoms with Crippen LogP contribution in [0.1, 0.15) is 10.4 Å². The molecule has 0 aliphatic heterocycles. The molecule has 1 heterocycles. The number of aromatic nitrogens is 2. The molecule has 0 amide bonds. The average molecular weight is 400 g/mol. The van der Waals surface area contributed by atoms with Gasteiger partial charge in [0.15, 0.2) is 11.6 Å². The summed E-state index contributed by atoms with van der Waals surface area (Å²) in [6.45, 7) is 0. The van der Waals surface area contributed by atoms with Gasteiger partial charge in [-0.25, -0.2) is 23.2 Å². The summed E-state index contributed by atoms with van der Waals surface area (Å²) >= 11 is 0. The average Bonchev–Trinajstić information content (AvgIpc) is 2.69. The highest BCUT2D eigenvalue weighted by Gasteiger charge is 2.19. The lowest BCUT2D eigenvalue weighted by Crippen LogP contribution is -2.16. The van der Waals surface area contributed by atoms with Gasteiger partial charge < -0.3 is 15.2 Å². The van der Waals surface area contributed by atoms with Crippen molar-refractivity contribution in [1.82, 2.24) is 9.97 Å². The van der Waals surface area contributed by atoms with Crippen LogP contribution in [0.25, 0.3) is 0 Å². The van der Waals surface area contributed by atoms with Crippen LogP contribution in [0.3, 0.4) is 0 Å². The Labute approximate surface area is 161 Å². The van der Waals surface area contributed by atoms with Crippen LogP contribution in [0.4, 0.5) is 17.3 Å². The number of nitrogens with zero attached hydrogens (tertiary/aromatic N) is 2.